The van der Waals surface area contributed by atoms with E-state index in [1.54, 1.807) is 0 Å². The van der Waals surface area contributed by atoms with E-state index >= 15 is 0 Å². The van der Waals surface area contributed by atoms with Crippen LogP contribution < -0.4 is 15.2 Å². The highest BCUT2D eigenvalue weighted by Crippen LogP contribution is 2.33. The van der Waals surface area contributed by atoms with E-state index in [2.05, 4.69) is 38.1 Å². The molecule has 0 amide bonds. The predicted molar refractivity (Wildman–Crippen MR) is 76.9 cm³/mol. The van der Waals surface area contributed by atoms with Crippen molar-refractivity contribution in [2.45, 2.75) is 13.3 Å². The average molecular weight is 264 g/mol. The number of nitrogens with zero attached hydrogens (tertiary/aromatic N) is 1. The maximum atomic E-state index is 5.96. The lowest BCUT2D eigenvalue weighted by Gasteiger charge is -2.31. The smallest absolute Gasteiger partial charge is 0.161 e. The van der Waals surface area contributed by atoms with Gasteiger partial charge in [-0.05, 0) is 50.2 Å². The summed E-state index contributed by atoms with van der Waals surface area (Å²) in [4.78, 5) is 2.19. The fourth-order valence-corrected chi connectivity index (χ4v) is 2.65. The Bertz CT molecular complexity index is 434. The molecule has 2 N–H and O–H groups in total. The lowest BCUT2D eigenvalue weighted by atomic mass is 9.83. The Labute approximate surface area is 115 Å². The van der Waals surface area contributed by atoms with Crippen molar-refractivity contribution >= 4 is 0 Å². The molecule has 1 aliphatic rings. The van der Waals surface area contributed by atoms with Crippen molar-refractivity contribution in [2.75, 3.05) is 40.4 Å². The minimum absolute atomic E-state index is 0.0766. The molecule has 2 rings (SSSR count). The Morgan fingerprint density at radius 3 is 2.53 bits per heavy atom. The monoisotopic (exact) mass is 264 g/mol. The zero-order valence-electron chi connectivity index (χ0n) is 12.1. The van der Waals surface area contributed by atoms with E-state index in [9.17, 15) is 0 Å². The van der Waals surface area contributed by atoms with Crippen LogP contribution in [-0.2, 0) is 6.42 Å². The quantitative estimate of drug-likeness (QED) is 0.876. The van der Waals surface area contributed by atoms with Gasteiger partial charge in [-0.25, -0.2) is 0 Å². The van der Waals surface area contributed by atoms with Gasteiger partial charge in [-0.15, -0.1) is 0 Å². The number of fused-ring (bicyclic) bond motifs is 1. The molecular formula is C15H24N2O2. The van der Waals surface area contributed by atoms with Crippen LogP contribution in [0.4, 0.5) is 0 Å². The Hall–Kier alpha value is -1.26. The van der Waals surface area contributed by atoms with E-state index in [0.29, 0.717) is 19.8 Å². The van der Waals surface area contributed by atoms with Gasteiger partial charge in [0, 0.05) is 6.54 Å². The summed E-state index contributed by atoms with van der Waals surface area (Å²) in [6.07, 6.45) is 0.943. The third kappa shape index (κ3) is 3.61. The van der Waals surface area contributed by atoms with Crippen molar-refractivity contribution in [1.82, 2.24) is 4.90 Å². The first-order valence-electron chi connectivity index (χ1n) is 6.76. The summed E-state index contributed by atoms with van der Waals surface area (Å²) in [5.74, 6) is 1.70. The highest BCUT2D eigenvalue weighted by Gasteiger charge is 2.24. The fraction of sp³-hybridized carbons (Fsp3) is 0.600. The molecule has 1 aliphatic heterocycles. The molecule has 1 heterocycles. The van der Waals surface area contributed by atoms with Crippen molar-refractivity contribution in [3.05, 3.63) is 23.8 Å². The number of benzene rings is 1. The average Bonchev–Trinajstić information content (AvgIpc) is 2.37. The summed E-state index contributed by atoms with van der Waals surface area (Å²) in [5, 5.41) is 0. The molecule has 1 aromatic carbocycles. The maximum Gasteiger partial charge on any atom is 0.161 e. The van der Waals surface area contributed by atoms with Crippen LogP contribution in [0.3, 0.4) is 0 Å². The molecule has 4 nitrogen and oxygen atoms in total. The molecule has 0 radical (unpaired) electrons. The Kier molecular flexibility index (Phi) is 4.32. The molecule has 1 atom stereocenters. The lowest BCUT2D eigenvalue weighted by molar-refractivity contribution is 0.171. The second kappa shape index (κ2) is 5.80. The second-order valence-electron chi connectivity index (χ2n) is 5.91. The minimum atomic E-state index is 0.0766. The predicted octanol–water partition coefficient (Wildman–Crippen LogP) is 1.53. The van der Waals surface area contributed by atoms with Gasteiger partial charge in [-0.1, -0.05) is 13.0 Å². The first kappa shape index (κ1) is 14.2. The number of ether oxygens (including phenoxy) is 2. The highest BCUT2D eigenvalue weighted by atomic mass is 16.6. The Morgan fingerprint density at radius 2 is 1.89 bits per heavy atom. The Balaban J connectivity index is 2.13. The van der Waals surface area contributed by atoms with E-state index in [1.165, 1.54) is 5.56 Å². The third-order valence-electron chi connectivity index (χ3n) is 3.43. The van der Waals surface area contributed by atoms with Crippen LogP contribution in [0.25, 0.3) is 0 Å². The molecule has 1 unspecified atom stereocenters. The van der Waals surface area contributed by atoms with Crippen LogP contribution in [-0.4, -0.2) is 45.3 Å². The topological polar surface area (TPSA) is 47.7 Å². The van der Waals surface area contributed by atoms with Gasteiger partial charge in [0.25, 0.3) is 0 Å². The van der Waals surface area contributed by atoms with E-state index in [0.717, 1.165) is 24.5 Å². The first-order valence-corrected chi connectivity index (χ1v) is 6.76. The summed E-state index contributed by atoms with van der Waals surface area (Å²) < 4.78 is 11.2. The molecule has 106 valence electrons. The minimum Gasteiger partial charge on any atom is -0.486 e. The second-order valence-corrected chi connectivity index (χ2v) is 5.91. The lowest BCUT2D eigenvalue weighted by Crippen LogP contribution is -2.39. The number of nitrogens with two attached hydrogens (primary N) is 1. The third-order valence-corrected chi connectivity index (χ3v) is 3.43. The zero-order valence-corrected chi connectivity index (χ0v) is 12.1. The molecule has 0 aliphatic carbocycles. The first-order chi connectivity index (χ1) is 9.02. The molecule has 0 spiro atoms. The van der Waals surface area contributed by atoms with Gasteiger partial charge in [0.1, 0.15) is 13.2 Å². The van der Waals surface area contributed by atoms with Gasteiger partial charge >= 0.3 is 0 Å². The largest absolute Gasteiger partial charge is 0.486 e. The zero-order chi connectivity index (χ0) is 13.9. The van der Waals surface area contributed by atoms with Crippen molar-refractivity contribution in [2.24, 2.45) is 11.1 Å². The Morgan fingerprint density at radius 1 is 1.21 bits per heavy atom. The van der Waals surface area contributed by atoms with Gasteiger partial charge in [-0.2, -0.15) is 0 Å². The molecular weight excluding hydrogens is 240 g/mol. The number of hydrogen-bond donors (Lipinski definition) is 1. The molecule has 1 aromatic rings. The van der Waals surface area contributed by atoms with Crippen molar-refractivity contribution in [3.8, 4) is 11.5 Å². The van der Waals surface area contributed by atoms with E-state index < -0.39 is 0 Å². The van der Waals surface area contributed by atoms with Gasteiger partial charge in [0.2, 0.25) is 0 Å². The van der Waals surface area contributed by atoms with Crippen LogP contribution in [0.5, 0.6) is 11.5 Å². The SMILES string of the molecule is CN(C)CC(C)(CN)Cc1ccc2c(c1)OCCO2. The highest BCUT2D eigenvalue weighted by molar-refractivity contribution is 5.44. The van der Waals surface area contributed by atoms with Gasteiger partial charge in [0.15, 0.2) is 11.5 Å². The molecule has 0 bridgehead atoms. The molecule has 0 saturated heterocycles. The van der Waals surface area contributed by atoms with Crippen molar-refractivity contribution < 1.29 is 9.47 Å². The summed E-state index contributed by atoms with van der Waals surface area (Å²) in [6, 6.07) is 6.19. The van der Waals surface area contributed by atoms with Crippen LogP contribution >= 0.6 is 0 Å². The summed E-state index contributed by atoms with van der Waals surface area (Å²) in [6.45, 7) is 5.12. The maximum absolute atomic E-state index is 5.96. The van der Waals surface area contributed by atoms with Gasteiger partial charge < -0.3 is 20.1 Å². The molecule has 4 heteroatoms. The standard InChI is InChI=1S/C15H24N2O2/c1-15(10-16,11-17(2)3)9-12-4-5-13-14(8-12)19-7-6-18-13/h4-5,8H,6-7,9-11,16H2,1-3H3. The van der Waals surface area contributed by atoms with Crippen LogP contribution in [0, 0.1) is 5.41 Å². The van der Waals surface area contributed by atoms with Crippen molar-refractivity contribution in [3.63, 3.8) is 0 Å². The number of rotatable bonds is 5. The number of hydrogen-bond acceptors (Lipinski definition) is 4. The van der Waals surface area contributed by atoms with Crippen LogP contribution in [0.1, 0.15) is 12.5 Å². The summed E-state index contributed by atoms with van der Waals surface area (Å²) >= 11 is 0. The fourth-order valence-electron chi connectivity index (χ4n) is 2.65. The molecule has 19 heavy (non-hydrogen) atoms. The molecule has 0 saturated carbocycles. The van der Waals surface area contributed by atoms with Gasteiger partial charge in [-0.3, -0.25) is 0 Å². The van der Waals surface area contributed by atoms with E-state index in [-0.39, 0.29) is 5.41 Å². The van der Waals surface area contributed by atoms with Crippen molar-refractivity contribution in [1.29, 1.82) is 0 Å². The molecule has 0 aromatic heterocycles. The normalized spacial score (nSPS) is 17.3. The summed E-state index contributed by atoms with van der Waals surface area (Å²) in [5.41, 5.74) is 7.28. The van der Waals surface area contributed by atoms with Crippen LogP contribution in [0.15, 0.2) is 18.2 Å². The molecule has 0 fully saturated rings. The van der Waals surface area contributed by atoms with E-state index in [1.807, 2.05) is 6.07 Å². The summed E-state index contributed by atoms with van der Waals surface area (Å²) in [7, 11) is 4.16. The van der Waals surface area contributed by atoms with Gasteiger partial charge in [0.05, 0.1) is 0 Å². The van der Waals surface area contributed by atoms with Crippen LogP contribution in [0.2, 0.25) is 0 Å². The van der Waals surface area contributed by atoms with E-state index in [4.69, 9.17) is 15.2 Å².